The van der Waals surface area contributed by atoms with E-state index in [2.05, 4.69) is 6.92 Å². The van der Waals surface area contributed by atoms with Crippen molar-refractivity contribution in [2.45, 2.75) is 13.3 Å². The zero-order valence-corrected chi connectivity index (χ0v) is 11.5. The molecule has 0 radical (unpaired) electrons. The number of carbonyl (C=O) groups is 1. The zero-order valence-electron chi connectivity index (χ0n) is 10.8. The van der Waals surface area contributed by atoms with E-state index in [-0.39, 0.29) is 5.78 Å². The number of hydrogen-bond donors (Lipinski definition) is 0. The monoisotopic (exact) mass is 270 g/mol. The molecule has 2 rings (SSSR count). The summed E-state index contributed by atoms with van der Waals surface area (Å²) in [5.41, 5.74) is 2.86. The van der Waals surface area contributed by atoms with Gasteiger partial charge in [-0.15, -0.1) is 0 Å². The van der Waals surface area contributed by atoms with Crippen LogP contribution in [0, 0.1) is 0 Å². The molecule has 0 aromatic heterocycles. The highest BCUT2D eigenvalue weighted by Gasteiger charge is 2.01. The summed E-state index contributed by atoms with van der Waals surface area (Å²) in [5.74, 6) is 0.00243. The van der Waals surface area contributed by atoms with Gasteiger partial charge in [-0.05, 0) is 35.8 Å². The van der Waals surface area contributed by atoms with Crippen LogP contribution in [-0.2, 0) is 6.42 Å². The largest absolute Gasteiger partial charge is 0.289 e. The predicted octanol–water partition coefficient (Wildman–Crippen LogP) is 4.80. The van der Waals surface area contributed by atoms with E-state index in [1.807, 2.05) is 48.5 Å². The number of rotatable bonds is 4. The fraction of sp³-hybridized carbons (Fsp3) is 0.118. The molecule has 0 saturated heterocycles. The van der Waals surface area contributed by atoms with Gasteiger partial charge in [-0.2, -0.15) is 0 Å². The van der Waals surface area contributed by atoms with Gasteiger partial charge in [0.25, 0.3) is 0 Å². The molecule has 2 aromatic rings. The first-order valence-corrected chi connectivity index (χ1v) is 6.64. The summed E-state index contributed by atoms with van der Waals surface area (Å²) >= 11 is 5.89. The van der Waals surface area contributed by atoms with Crippen LogP contribution < -0.4 is 0 Å². The van der Waals surface area contributed by atoms with E-state index in [1.54, 1.807) is 12.2 Å². The van der Waals surface area contributed by atoms with Crippen LogP contribution in [0.25, 0.3) is 6.08 Å². The van der Waals surface area contributed by atoms with E-state index in [9.17, 15) is 4.79 Å². The minimum absolute atomic E-state index is 0.00243. The molecule has 0 saturated carbocycles. The quantitative estimate of drug-likeness (QED) is 0.576. The van der Waals surface area contributed by atoms with E-state index < -0.39 is 0 Å². The van der Waals surface area contributed by atoms with Crippen molar-refractivity contribution in [3.05, 3.63) is 76.3 Å². The second-order valence-corrected chi connectivity index (χ2v) is 4.74. The number of aryl methyl sites for hydroxylation is 1. The Kier molecular flexibility index (Phi) is 4.53. The molecule has 0 amide bonds. The van der Waals surface area contributed by atoms with Crippen LogP contribution >= 0.6 is 11.6 Å². The molecule has 0 aliphatic carbocycles. The number of allylic oxidation sites excluding steroid dienone is 1. The van der Waals surface area contributed by atoms with E-state index in [4.69, 9.17) is 11.6 Å². The molecular weight excluding hydrogens is 256 g/mol. The lowest BCUT2D eigenvalue weighted by molar-refractivity contribution is 0.104. The molecule has 96 valence electrons. The molecule has 19 heavy (non-hydrogen) atoms. The van der Waals surface area contributed by atoms with E-state index >= 15 is 0 Å². The Bertz CT molecular complexity index is 597. The maximum Gasteiger partial charge on any atom is 0.185 e. The van der Waals surface area contributed by atoms with Crippen LogP contribution in [0.3, 0.4) is 0 Å². The van der Waals surface area contributed by atoms with Crippen LogP contribution in [0.4, 0.5) is 0 Å². The van der Waals surface area contributed by atoms with Gasteiger partial charge in [-0.1, -0.05) is 61.0 Å². The Hall–Kier alpha value is -1.86. The van der Waals surface area contributed by atoms with Gasteiger partial charge in [0, 0.05) is 10.6 Å². The van der Waals surface area contributed by atoms with Gasteiger partial charge in [0.15, 0.2) is 5.78 Å². The molecule has 0 bridgehead atoms. The van der Waals surface area contributed by atoms with Gasteiger partial charge in [-0.25, -0.2) is 0 Å². The van der Waals surface area contributed by atoms with Gasteiger partial charge in [0.1, 0.15) is 0 Å². The van der Waals surface area contributed by atoms with Crippen molar-refractivity contribution < 1.29 is 4.79 Å². The average molecular weight is 271 g/mol. The van der Waals surface area contributed by atoms with Gasteiger partial charge in [0.05, 0.1) is 0 Å². The van der Waals surface area contributed by atoms with Crippen LogP contribution in [-0.4, -0.2) is 5.78 Å². The fourth-order valence-corrected chi connectivity index (χ4v) is 1.98. The Morgan fingerprint density at radius 3 is 2.53 bits per heavy atom. The number of benzene rings is 2. The molecule has 1 nitrogen and oxygen atoms in total. The third kappa shape index (κ3) is 3.80. The summed E-state index contributed by atoms with van der Waals surface area (Å²) in [7, 11) is 0. The maximum absolute atomic E-state index is 12.0. The van der Waals surface area contributed by atoms with E-state index in [0.717, 1.165) is 12.0 Å². The van der Waals surface area contributed by atoms with Crippen molar-refractivity contribution in [1.29, 1.82) is 0 Å². The lowest BCUT2D eigenvalue weighted by Gasteiger charge is -1.99. The normalized spacial score (nSPS) is 10.8. The third-order valence-electron chi connectivity index (χ3n) is 2.92. The number of ketones is 1. The first kappa shape index (κ1) is 13.6. The van der Waals surface area contributed by atoms with Gasteiger partial charge in [0.2, 0.25) is 0 Å². The van der Waals surface area contributed by atoms with Gasteiger partial charge in [-0.3, -0.25) is 4.79 Å². The smallest absolute Gasteiger partial charge is 0.185 e. The highest BCUT2D eigenvalue weighted by Crippen LogP contribution is 2.13. The molecule has 0 spiro atoms. The van der Waals surface area contributed by atoms with Crippen LogP contribution in [0.1, 0.15) is 28.4 Å². The molecule has 0 N–H and O–H groups in total. The summed E-state index contributed by atoms with van der Waals surface area (Å²) in [4.78, 5) is 12.0. The van der Waals surface area contributed by atoms with Crippen molar-refractivity contribution in [2.24, 2.45) is 0 Å². The second kappa shape index (κ2) is 6.35. The Labute approximate surface area is 118 Å². The first-order valence-electron chi connectivity index (χ1n) is 6.26. The molecular formula is C17H15ClO. The average Bonchev–Trinajstić information content (AvgIpc) is 2.45. The lowest BCUT2D eigenvalue weighted by Crippen LogP contribution is -1.94. The van der Waals surface area contributed by atoms with Crippen molar-refractivity contribution >= 4 is 23.5 Å². The van der Waals surface area contributed by atoms with Crippen molar-refractivity contribution in [3.63, 3.8) is 0 Å². The topological polar surface area (TPSA) is 17.1 Å². The minimum atomic E-state index is 0.00243. The summed E-state index contributed by atoms with van der Waals surface area (Å²) in [6.45, 7) is 2.09. The van der Waals surface area contributed by atoms with Crippen LogP contribution in [0.2, 0.25) is 5.02 Å². The molecule has 2 aromatic carbocycles. The summed E-state index contributed by atoms with van der Waals surface area (Å²) in [6.07, 6.45) is 4.33. The molecule has 0 heterocycles. The number of carbonyl (C=O) groups excluding carboxylic acids is 1. The van der Waals surface area contributed by atoms with Gasteiger partial charge >= 0.3 is 0 Å². The van der Waals surface area contributed by atoms with E-state index in [1.165, 1.54) is 5.56 Å². The maximum atomic E-state index is 12.0. The molecule has 0 fully saturated rings. The summed E-state index contributed by atoms with van der Waals surface area (Å²) in [6, 6.07) is 15.1. The molecule has 0 aliphatic heterocycles. The molecule has 2 heteroatoms. The standard InChI is InChI=1S/C17H15ClO/c1-2-13-6-9-15(10-7-13)17(19)11-8-14-4-3-5-16(18)12-14/h3-12H,2H2,1H3. The summed E-state index contributed by atoms with van der Waals surface area (Å²) in [5, 5.41) is 0.668. The van der Waals surface area contributed by atoms with E-state index in [0.29, 0.717) is 10.6 Å². The van der Waals surface area contributed by atoms with Crippen molar-refractivity contribution in [2.75, 3.05) is 0 Å². The Balaban J connectivity index is 2.11. The first-order chi connectivity index (χ1) is 9.19. The molecule has 0 atom stereocenters. The second-order valence-electron chi connectivity index (χ2n) is 4.30. The highest BCUT2D eigenvalue weighted by molar-refractivity contribution is 6.30. The van der Waals surface area contributed by atoms with Crippen molar-refractivity contribution in [1.82, 2.24) is 0 Å². The molecule has 0 aliphatic rings. The zero-order chi connectivity index (χ0) is 13.7. The predicted molar refractivity (Wildman–Crippen MR) is 80.6 cm³/mol. The van der Waals surface area contributed by atoms with Crippen LogP contribution in [0.5, 0.6) is 0 Å². The molecule has 0 unspecified atom stereocenters. The van der Waals surface area contributed by atoms with Crippen molar-refractivity contribution in [3.8, 4) is 0 Å². The minimum Gasteiger partial charge on any atom is -0.289 e. The highest BCUT2D eigenvalue weighted by atomic mass is 35.5. The van der Waals surface area contributed by atoms with Gasteiger partial charge < -0.3 is 0 Å². The fourth-order valence-electron chi connectivity index (χ4n) is 1.78. The number of hydrogen-bond acceptors (Lipinski definition) is 1. The Morgan fingerprint density at radius 2 is 1.89 bits per heavy atom. The Morgan fingerprint density at radius 1 is 1.16 bits per heavy atom. The van der Waals surface area contributed by atoms with Crippen LogP contribution in [0.15, 0.2) is 54.6 Å². The number of halogens is 1. The summed E-state index contributed by atoms with van der Waals surface area (Å²) < 4.78 is 0. The lowest BCUT2D eigenvalue weighted by atomic mass is 10.1. The SMILES string of the molecule is CCc1ccc(C(=O)C=Cc2cccc(Cl)c2)cc1. The third-order valence-corrected chi connectivity index (χ3v) is 3.16.